The molecule has 2 aliphatic heterocycles. The molecule has 3 N–H and O–H groups in total. The van der Waals surface area contributed by atoms with Crippen molar-refractivity contribution in [3.63, 3.8) is 0 Å². The van der Waals surface area contributed by atoms with Gasteiger partial charge in [-0.2, -0.15) is 13.2 Å². The zero-order valence-electron chi connectivity index (χ0n) is 15.5. The molecule has 0 saturated carbocycles. The maximum Gasteiger partial charge on any atom is 0.419 e. The molecule has 2 fully saturated rings. The second kappa shape index (κ2) is 7.54. The fraction of sp³-hybridized carbons (Fsp3) is 0.588. The van der Waals surface area contributed by atoms with Gasteiger partial charge in [-0.3, -0.25) is 15.0 Å². The molecule has 1 amide bonds. The third-order valence-corrected chi connectivity index (χ3v) is 5.18. The summed E-state index contributed by atoms with van der Waals surface area (Å²) >= 11 is 0. The molecule has 5 unspecified atom stereocenters. The molecule has 2 aliphatic rings. The first-order valence-electron chi connectivity index (χ1n) is 8.74. The molecule has 0 radical (unpaired) electrons. The number of halogens is 5. The van der Waals surface area contributed by atoms with Crippen LogP contribution in [-0.4, -0.2) is 55.1 Å². The summed E-state index contributed by atoms with van der Waals surface area (Å²) in [5.74, 6) is -2.47. The molecule has 0 bridgehead atoms. The van der Waals surface area contributed by atoms with E-state index in [0.717, 1.165) is 6.07 Å². The van der Waals surface area contributed by atoms with Crippen LogP contribution in [0.25, 0.3) is 0 Å². The summed E-state index contributed by atoms with van der Waals surface area (Å²) in [6.07, 6.45) is -5.92. The third-order valence-electron chi connectivity index (χ3n) is 5.18. The van der Waals surface area contributed by atoms with Crippen molar-refractivity contribution in [1.82, 2.24) is 26.0 Å². The summed E-state index contributed by atoms with van der Waals surface area (Å²) in [6.45, 7) is 0.832. The fourth-order valence-corrected chi connectivity index (χ4v) is 3.63. The van der Waals surface area contributed by atoms with E-state index in [1.165, 1.54) is 6.07 Å². The second-order valence-corrected chi connectivity index (χ2v) is 7.22. The van der Waals surface area contributed by atoms with E-state index in [-0.39, 0.29) is 11.5 Å². The first kappa shape index (κ1) is 20.9. The molecule has 2 heterocycles. The van der Waals surface area contributed by atoms with Crippen molar-refractivity contribution in [3.8, 4) is 0 Å². The number of alkyl halides is 4. The van der Waals surface area contributed by atoms with Gasteiger partial charge in [-0.15, -0.1) is 0 Å². The van der Waals surface area contributed by atoms with Gasteiger partial charge >= 0.3 is 6.18 Å². The molecule has 2 saturated heterocycles. The normalized spacial score (nSPS) is 29.7. The van der Waals surface area contributed by atoms with E-state index in [1.54, 1.807) is 30.9 Å². The molecular weight excluding hydrogens is 385 g/mol. The fourth-order valence-electron chi connectivity index (χ4n) is 3.63. The van der Waals surface area contributed by atoms with Gasteiger partial charge in [0.15, 0.2) is 0 Å². The van der Waals surface area contributed by atoms with Crippen molar-refractivity contribution in [2.24, 2.45) is 5.92 Å². The Morgan fingerprint density at radius 3 is 2.50 bits per heavy atom. The van der Waals surface area contributed by atoms with Crippen molar-refractivity contribution in [2.75, 3.05) is 20.8 Å². The number of nitrogens with one attached hydrogen (secondary N) is 3. The van der Waals surface area contributed by atoms with E-state index >= 15 is 0 Å². The van der Waals surface area contributed by atoms with Crippen molar-refractivity contribution in [1.29, 1.82) is 0 Å². The molecule has 1 aromatic carbocycles. The van der Waals surface area contributed by atoms with Gasteiger partial charge < -0.3 is 5.32 Å². The minimum absolute atomic E-state index is 0.269. The average Bonchev–Trinajstić information content (AvgIpc) is 2.99. The van der Waals surface area contributed by atoms with Gasteiger partial charge in [-0.25, -0.2) is 19.2 Å². The summed E-state index contributed by atoms with van der Waals surface area (Å²) in [5, 5.41) is 7.48. The minimum Gasteiger partial charge on any atom is -0.327 e. The Labute approximate surface area is 159 Å². The summed E-state index contributed by atoms with van der Waals surface area (Å²) in [4.78, 5) is 14.2. The zero-order chi connectivity index (χ0) is 20.8. The Kier molecular flexibility index (Phi) is 5.63. The van der Waals surface area contributed by atoms with Crippen molar-refractivity contribution in [2.45, 2.75) is 37.6 Å². The lowest BCUT2D eigenvalue weighted by Gasteiger charge is -2.41. The van der Waals surface area contributed by atoms with E-state index < -0.39 is 54.7 Å². The number of carbonyl (C=O) groups is 1. The summed E-state index contributed by atoms with van der Waals surface area (Å²) in [6, 6.07) is 1.26. The molecule has 156 valence electrons. The zero-order valence-corrected chi connectivity index (χ0v) is 15.5. The minimum atomic E-state index is -4.79. The standard InChI is InChI=1S/C17H22F5N5O/c1-8(9-4-5-10(11(19)6-9)17(20,21)22)27-14-13(12(7-18)25-27)15(28)24-16(23-14)26(2)3/h4-6,8,12-14,16,23,25H,7H2,1-3H3,(H,24,28). The van der Waals surface area contributed by atoms with Gasteiger partial charge in [0, 0.05) is 6.04 Å². The highest BCUT2D eigenvalue weighted by Gasteiger charge is 2.51. The largest absolute Gasteiger partial charge is 0.419 e. The number of fused-ring (bicyclic) bond motifs is 1. The lowest BCUT2D eigenvalue weighted by molar-refractivity contribution is -0.140. The number of amides is 1. The van der Waals surface area contributed by atoms with Crippen LogP contribution in [0.4, 0.5) is 22.0 Å². The summed E-state index contributed by atoms with van der Waals surface area (Å²) in [5.41, 5.74) is 1.83. The number of benzene rings is 1. The van der Waals surface area contributed by atoms with Crippen LogP contribution in [0.2, 0.25) is 0 Å². The quantitative estimate of drug-likeness (QED) is 0.662. The molecule has 0 aliphatic carbocycles. The Balaban J connectivity index is 1.89. The number of hydrazine groups is 1. The number of rotatable bonds is 4. The van der Waals surface area contributed by atoms with Gasteiger partial charge in [0.2, 0.25) is 5.91 Å². The Hall–Kier alpha value is -1.82. The Bertz CT molecular complexity index is 743. The van der Waals surface area contributed by atoms with Crippen LogP contribution in [0, 0.1) is 11.7 Å². The predicted octanol–water partition coefficient (Wildman–Crippen LogP) is 1.57. The van der Waals surface area contributed by atoms with Gasteiger partial charge in [-0.1, -0.05) is 6.07 Å². The maximum atomic E-state index is 14.0. The van der Waals surface area contributed by atoms with Gasteiger partial charge in [0.25, 0.3) is 0 Å². The third kappa shape index (κ3) is 3.71. The molecule has 11 heteroatoms. The van der Waals surface area contributed by atoms with Gasteiger partial charge in [0.1, 0.15) is 18.8 Å². The predicted molar refractivity (Wildman–Crippen MR) is 90.6 cm³/mol. The smallest absolute Gasteiger partial charge is 0.327 e. The molecule has 0 aromatic heterocycles. The van der Waals surface area contributed by atoms with E-state index in [9.17, 15) is 26.7 Å². The van der Waals surface area contributed by atoms with Gasteiger partial charge in [-0.05, 0) is 38.7 Å². The summed E-state index contributed by atoms with van der Waals surface area (Å²) in [7, 11) is 3.48. The van der Waals surface area contributed by atoms with Crippen molar-refractivity contribution >= 4 is 5.91 Å². The van der Waals surface area contributed by atoms with Crippen LogP contribution in [0.5, 0.6) is 0 Å². The molecule has 1 aromatic rings. The first-order valence-corrected chi connectivity index (χ1v) is 8.74. The topological polar surface area (TPSA) is 59.6 Å². The highest BCUT2D eigenvalue weighted by Crippen LogP contribution is 2.35. The van der Waals surface area contributed by atoms with E-state index in [2.05, 4.69) is 16.1 Å². The Morgan fingerprint density at radius 1 is 1.29 bits per heavy atom. The van der Waals surface area contributed by atoms with Crippen molar-refractivity contribution in [3.05, 3.63) is 35.1 Å². The maximum absolute atomic E-state index is 14.0. The lowest BCUT2D eigenvalue weighted by atomic mass is 9.95. The Morgan fingerprint density at radius 2 is 1.96 bits per heavy atom. The van der Waals surface area contributed by atoms with Gasteiger partial charge in [0.05, 0.1) is 23.7 Å². The van der Waals surface area contributed by atoms with Crippen LogP contribution >= 0.6 is 0 Å². The van der Waals surface area contributed by atoms with E-state index in [4.69, 9.17) is 0 Å². The number of hydrogen-bond acceptors (Lipinski definition) is 5. The summed E-state index contributed by atoms with van der Waals surface area (Å²) < 4.78 is 65.9. The molecule has 6 nitrogen and oxygen atoms in total. The monoisotopic (exact) mass is 407 g/mol. The lowest BCUT2D eigenvalue weighted by Crippen LogP contribution is -2.68. The van der Waals surface area contributed by atoms with Crippen LogP contribution in [0.3, 0.4) is 0 Å². The van der Waals surface area contributed by atoms with Crippen LogP contribution < -0.4 is 16.1 Å². The average molecular weight is 407 g/mol. The molecule has 3 rings (SSSR count). The second-order valence-electron chi connectivity index (χ2n) is 7.22. The highest BCUT2D eigenvalue weighted by atomic mass is 19.4. The molecule has 0 spiro atoms. The van der Waals surface area contributed by atoms with E-state index in [1.807, 2.05) is 0 Å². The van der Waals surface area contributed by atoms with E-state index in [0.29, 0.717) is 6.07 Å². The first-order chi connectivity index (χ1) is 13.0. The highest BCUT2D eigenvalue weighted by molar-refractivity contribution is 5.81. The molecular formula is C17H22F5N5O. The molecule has 5 atom stereocenters. The van der Waals surface area contributed by atoms with Crippen LogP contribution in [0.1, 0.15) is 24.1 Å². The number of carbonyl (C=O) groups excluding carboxylic acids is 1. The van der Waals surface area contributed by atoms with Crippen LogP contribution in [-0.2, 0) is 11.0 Å². The SMILES string of the molecule is CC(c1ccc(C(F)(F)F)c(F)c1)N1NC(CF)C2C(=O)NC(N(C)C)NC21. The number of nitrogens with zero attached hydrogens (tertiary/aromatic N) is 2. The van der Waals surface area contributed by atoms with Crippen LogP contribution in [0.15, 0.2) is 18.2 Å². The number of hydrogen-bond donors (Lipinski definition) is 3. The van der Waals surface area contributed by atoms with Crippen molar-refractivity contribution < 1.29 is 26.7 Å². The molecule has 28 heavy (non-hydrogen) atoms.